The summed E-state index contributed by atoms with van der Waals surface area (Å²) in [6.45, 7) is 1.15. The second kappa shape index (κ2) is 8.37. The molecule has 4 bridgehead atoms. The van der Waals surface area contributed by atoms with Crippen molar-refractivity contribution in [3.05, 3.63) is 29.8 Å². The van der Waals surface area contributed by atoms with Gasteiger partial charge in [-0.15, -0.1) is 0 Å². The van der Waals surface area contributed by atoms with E-state index in [4.69, 9.17) is 0 Å². The van der Waals surface area contributed by atoms with Gasteiger partial charge >= 0.3 is 0 Å². The SMILES string of the molecule is CN(C)c1ccc(CNC(=O)CCCNC(=O)C23CC4CC(CC(C4)C2)C3)cc1. The van der Waals surface area contributed by atoms with E-state index in [-0.39, 0.29) is 17.2 Å². The predicted octanol–water partition coefficient (Wildman–Crippen LogP) is 3.48. The zero-order chi connectivity index (χ0) is 20.4. The lowest BCUT2D eigenvalue weighted by Gasteiger charge is -2.55. The number of amides is 2. The highest BCUT2D eigenvalue weighted by Gasteiger charge is 2.54. The molecule has 5 rings (SSSR count). The highest BCUT2D eigenvalue weighted by molar-refractivity contribution is 5.83. The lowest BCUT2D eigenvalue weighted by molar-refractivity contribution is -0.146. The van der Waals surface area contributed by atoms with Crippen LogP contribution in [0.5, 0.6) is 0 Å². The van der Waals surface area contributed by atoms with Gasteiger partial charge in [0.2, 0.25) is 11.8 Å². The normalized spacial score (nSPS) is 29.5. The smallest absolute Gasteiger partial charge is 0.226 e. The second-order valence-corrected chi connectivity index (χ2v) is 9.89. The van der Waals surface area contributed by atoms with Crippen molar-refractivity contribution in [2.24, 2.45) is 23.2 Å². The Morgan fingerprint density at radius 2 is 1.55 bits per heavy atom. The van der Waals surface area contributed by atoms with Crippen LogP contribution < -0.4 is 15.5 Å². The van der Waals surface area contributed by atoms with Crippen LogP contribution in [0.25, 0.3) is 0 Å². The minimum Gasteiger partial charge on any atom is -0.378 e. The fourth-order valence-corrected chi connectivity index (χ4v) is 6.23. The molecular formula is C24H35N3O2. The Hall–Kier alpha value is -2.04. The first-order valence-electron chi connectivity index (χ1n) is 11.2. The maximum Gasteiger partial charge on any atom is 0.226 e. The van der Waals surface area contributed by atoms with Gasteiger partial charge in [-0.05, 0) is 80.4 Å². The van der Waals surface area contributed by atoms with Gasteiger partial charge < -0.3 is 15.5 Å². The largest absolute Gasteiger partial charge is 0.378 e. The Labute approximate surface area is 174 Å². The molecule has 0 atom stereocenters. The molecule has 0 saturated heterocycles. The molecule has 4 aliphatic rings. The number of nitrogens with zero attached hydrogens (tertiary/aromatic N) is 1. The topological polar surface area (TPSA) is 61.4 Å². The Kier molecular flexibility index (Phi) is 5.84. The van der Waals surface area contributed by atoms with Gasteiger partial charge in [0.25, 0.3) is 0 Å². The van der Waals surface area contributed by atoms with Crippen LogP contribution >= 0.6 is 0 Å². The average molecular weight is 398 g/mol. The van der Waals surface area contributed by atoms with Crippen molar-refractivity contribution < 1.29 is 9.59 Å². The average Bonchev–Trinajstić information content (AvgIpc) is 2.68. The van der Waals surface area contributed by atoms with Crippen LogP contribution in [0.1, 0.15) is 56.9 Å². The molecule has 0 aliphatic heterocycles. The van der Waals surface area contributed by atoms with E-state index < -0.39 is 0 Å². The van der Waals surface area contributed by atoms with Crippen LogP contribution in [-0.2, 0) is 16.1 Å². The van der Waals surface area contributed by atoms with Crippen molar-refractivity contribution in [3.63, 3.8) is 0 Å². The van der Waals surface area contributed by atoms with Crippen molar-refractivity contribution in [3.8, 4) is 0 Å². The number of carbonyl (C=O) groups is 2. The fraction of sp³-hybridized carbons (Fsp3) is 0.667. The lowest BCUT2D eigenvalue weighted by atomic mass is 9.49. The summed E-state index contributed by atoms with van der Waals surface area (Å²) in [5.41, 5.74) is 2.16. The van der Waals surface area contributed by atoms with Crippen LogP contribution in [0.2, 0.25) is 0 Å². The van der Waals surface area contributed by atoms with Crippen molar-refractivity contribution in [2.45, 2.75) is 57.9 Å². The third-order valence-electron chi connectivity index (χ3n) is 7.33. The summed E-state index contributed by atoms with van der Waals surface area (Å²) in [4.78, 5) is 27.1. The van der Waals surface area contributed by atoms with Gasteiger partial charge in [-0.25, -0.2) is 0 Å². The molecule has 158 valence electrons. The number of hydrogen-bond donors (Lipinski definition) is 2. The van der Waals surface area contributed by atoms with E-state index in [1.807, 2.05) is 26.2 Å². The van der Waals surface area contributed by atoms with E-state index >= 15 is 0 Å². The first kappa shape index (κ1) is 20.2. The van der Waals surface area contributed by atoms with E-state index in [9.17, 15) is 9.59 Å². The van der Waals surface area contributed by atoms with Gasteiger partial charge in [-0.3, -0.25) is 9.59 Å². The Balaban J connectivity index is 1.15. The molecule has 0 aromatic heterocycles. The minimum atomic E-state index is -0.0876. The van der Waals surface area contributed by atoms with E-state index in [2.05, 4.69) is 27.7 Å². The lowest BCUT2D eigenvalue weighted by Crippen LogP contribution is -2.53. The van der Waals surface area contributed by atoms with Crippen LogP contribution in [0, 0.1) is 23.2 Å². The fourth-order valence-electron chi connectivity index (χ4n) is 6.23. The summed E-state index contributed by atoms with van der Waals surface area (Å²) in [5, 5.41) is 6.14. The van der Waals surface area contributed by atoms with Crippen LogP contribution in [-0.4, -0.2) is 32.5 Å². The van der Waals surface area contributed by atoms with Crippen LogP contribution in [0.3, 0.4) is 0 Å². The molecule has 0 radical (unpaired) electrons. The zero-order valence-corrected chi connectivity index (χ0v) is 17.9. The molecule has 2 amide bonds. The molecule has 4 saturated carbocycles. The first-order chi connectivity index (χ1) is 13.9. The third kappa shape index (κ3) is 4.59. The highest BCUT2D eigenvalue weighted by atomic mass is 16.2. The summed E-state index contributed by atoms with van der Waals surface area (Å²) in [6.07, 6.45) is 8.49. The molecule has 0 spiro atoms. The quantitative estimate of drug-likeness (QED) is 0.660. The Bertz CT molecular complexity index is 706. The summed E-state index contributed by atoms with van der Waals surface area (Å²) >= 11 is 0. The Morgan fingerprint density at radius 3 is 2.10 bits per heavy atom. The molecule has 2 N–H and O–H groups in total. The minimum absolute atomic E-state index is 0.0470. The van der Waals surface area contributed by atoms with Gasteiger partial charge in [-0.1, -0.05) is 12.1 Å². The van der Waals surface area contributed by atoms with E-state index in [0.717, 1.165) is 48.3 Å². The van der Waals surface area contributed by atoms with Gasteiger partial charge in [-0.2, -0.15) is 0 Å². The second-order valence-electron chi connectivity index (χ2n) is 9.89. The molecule has 5 heteroatoms. The third-order valence-corrected chi connectivity index (χ3v) is 7.33. The summed E-state index contributed by atoms with van der Waals surface area (Å²) in [6, 6.07) is 8.20. The predicted molar refractivity (Wildman–Crippen MR) is 115 cm³/mol. The number of rotatable bonds is 8. The number of carbonyl (C=O) groups excluding carboxylic acids is 2. The number of nitrogens with one attached hydrogen (secondary N) is 2. The highest BCUT2D eigenvalue weighted by Crippen LogP contribution is 2.60. The standard InChI is InChI=1S/C24H35N3O2/c1-27(2)21-7-5-17(6-8-21)16-26-22(28)4-3-9-25-23(29)24-13-18-10-19(14-24)12-20(11-18)15-24/h5-8,18-20H,3-4,9-16H2,1-2H3,(H,25,29)(H,26,28). The van der Waals surface area contributed by atoms with Crippen molar-refractivity contribution in [2.75, 3.05) is 25.5 Å². The van der Waals surface area contributed by atoms with Gasteiger partial charge in [0.1, 0.15) is 0 Å². The molecule has 29 heavy (non-hydrogen) atoms. The van der Waals surface area contributed by atoms with E-state index in [1.165, 1.54) is 19.3 Å². The summed E-state index contributed by atoms with van der Waals surface area (Å²) < 4.78 is 0. The molecule has 4 fully saturated rings. The number of anilines is 1. The molecule has 0 unspecified atom stereocenters. The molecule has 5 nitrogen and oxygen atoms in total. The van der Waals surface area contributed by atoms with Crippen molar-refractivity contribution in [1.82, 2.24) is 10.6 Å². The molecular weight excluding hydrogens is 362 g/mol. The van der Waals surface area contributed by atoms with E-state index in [0.29, 0.717) is 25.9 Å². The monoisotopic (exact) mass is 397 g/mol. The molecule has 1 aromatic rings. The zero-order valence-electron chi connectivity index (χ0n) is 17.9. The number of hydrogen-bond acceptors (Lipinski definition) is 3. The molecule has 0 heterocycles. The van der Waals surface area contributed by atoms with Crippen molar-refractivity contribution in [1.29, 1.82) is 0 Å². The van der Waals surface area contributed by atoms with Gasteiger partial charge in [0, 0.05) is 44.7 Å². The Morgan fingerprint density at radius 1 is 0.966 bits per heavy atom. The van der Waals surface area contributed by atoms with E-state index in [1.54, 1.807) is 0 Å². The van der Waals surface area contributed by atoms with Crippen LogP contribution in [0.4, 0.5) is 5.69 Å². The maximum atomic E-state index is 12.9. The van der Waals surface area contributed by atoms with Crippen molar-refractivity contribution >= 4 is 17.5 Å². The number of benzene rings is 1. The van der Waals surface area contributed by atoms with Crippen LogP contribution in [0.15, 0.2) is 24.3 Å². The van der Waals surface area contributed by atoms with Gasteiger partial charge in [0.05, 0.1) is 0 Å². The molecule has 1 aromatic carbocycles. The molecule has 4 aliphatic carbocycles. The summed E-state index contributed by atoms with van der Waals surface area (Å²) in [5.74, 6) is 2.66. The first-order valence-corrected chi connectivity index (χ1v) is 11.2. The summed E-state index contributed by atoms with van der Waals surface area (Å²) in [7, 11) is 4.03. The maximum absolute atomic E-state index is 12.9. The van der Waals surface area contributed by atoms with Gasteiger partial charge in [0.15, 0.2) is 0 Å².